The minimum atomic E-state index is -3.52. The van der Waals surface area contributed by atoms with Crippen LogP contribution in [0.2, 0.25) is 0 Å². The van der Waals surface area contributed by atoms with Gasteiger partial charge in [0, 0.05) is 12.7 Å². The summed E-state index contributed by atoms with van der Waals surface area (Å²) in [4.78, 5) is 0.375. The summed E-state index contributed by atoms with van der Waals surface area (Å²) in [5.74, 6) is 0. The maximum absolute atomic E-state index is 12.2. The number of nitrogens with two attached hydrogens (primary N) is 1. The van der Waals surface area contributed by atoms with Gasteiger partial charge >= 0.3 is 0 Å². The van der Waals surface area contributed by atoms with E-state index in [1.807, 2.05) is 0 Å². The van der Waals surface area contributed by atoms with E-state index in [9.17, 15) is 8.42 Å². The van der Waals surface area contributed by atoms with Crippen LogP contribution in [0.15, 0.2) is 17.3 Å². The normalized spacial score (nSPS) is 22.4. The average molecular weight is 260 g/mol. The predicted octanol–water partition coefficient (Wildman–Crippen LogP) is -0.151. The van der Waals surface area contributed by atoms with E-state index in [4.69, 9.17) is 18.0 Å². The summed E-state index contributed by atoms with van der Waals surface area (Å²) < 4.78 is 25.7. The van der Waals surface area contributed by atoms with E-state index in [1.165, 1.54) is 16.7 Å². The topological polar surface area (TPSA) is 92.1 Å². The maximum Gasteiger partial charge on any atom is 0.246 e. The molecule has 1 saturated heterocycles. The van der Waals surface area contributed by atoms with Gasteiger partial charge in [0.1, 0.15) is 4.90 Å². The van der Waals surface area contributed by atoms with Gasteiger partial charge in [-0.15, -0.1) is 0 Å². The van der Waals surface area contributed by atoms with Gasteiger partial charge < -0.3 is 5.73 Å². The van der Waals surface area contributed by atoms with Crippen molar-refractivity contribution in [3.05, 3.63) is 12.4 Å². The molecule has 1 aliphatic heterocycles. The number of thiocarbonyl (C=S) groups is 1. The minimum absolute atomic E-state index is 0.149. The van der Waals surface area contributed by atoms with Crippen LogP contribution in [0.25, 0.3) is 0 Å². The molecule has 2 heterocycles. The van der Waals surface area contributed by atoms with Crippen molar-refractivity contribution in [3.8, 4) is 0 Å². The molecule has 1 fully saturated rings. The molecule has 1 aromatic rings. The Labute approximate surface area is 98.9 Å². The number of hydrogen-bond donors (Lipinski definition) is 2. The van der Waals surface area contributed by atoms with Crippen molar-refractivity contribution >= 4 is 27.2 Å². The molecular weight excluding hydrogens is 248 g/mol. The number of aromatic amines is 1. The third kappa shape index (κ3) is 1.83. The van der Waals surface area contributed by atoms with Gasteiger partial charge in [-0.25, -0.2) is 8.42 Å². The third-order valence-corrected chi connectivity index (χ3v) is 4.76. The Morgan fingerprint density at radius 2 is 2.44 bits per heavy atom. The predicted molar refractivity (Wildman–Crippen MR) is 62.3 cm³/mol. The Bertz CT molecular complexity index is 482. The molecule has 1 atom stereocenters. The Morgan fingerprint density at radius 1 is 1.69 bits per heavy atom. The second-order valence-corrected chi connectivity index (χ2v) is 5.97. The summed E-state index contributed by atoms with van der Waals surface area (Å²) in [5.41, 5.74) is 5.54. The van der Waals surface area contributed by atoms with Crippen LogP contribution in [0.4, 0.5) is 0 Å². The Morgan fingerprint density at radius 3 is 3.00 bits per heavy atom. The van der Waals surface area contributed by atoms with Crippen molar-refractivity contribution in [1.82, 2.24) is 14.5 Å². The van der Waals surface area contributed by atoms with E-state index < -0.39 is 10.0 Å². The smallest absolute Gasteiger partial charge is 0.246 e. The molecule has 0 saturated carbocycles. The summed E-state index contributed by atoms with van der Waals surface area (Å²) in [5, 5.41) is 6.12. The lowest BCUT2D eigenvalue weighted by atomic mass is 10.2. The molecule has 1 unspecified atom stereocenters. The summed E-state index contributed by atoms with van der Waals surface area (Å²) >= 11 is 4.88. The molecule has 8 heteroatoms. The van der Waals surface area contributed by atoms with Crippen LogP contribution < -0.4 is 5.73 Å². The number of hydrogen-bond acceptors (Lipinski definition) is 4. The van der Waals surface area contributed by atoms with Crippen LogP contribution in [-0.4, -0.2) is 40.5 Å². The quantitative estimate of drug-likeness (QED) is 0.737. The molecule has 2 rings (SSSR count). The molecule has 0 aliphatic carbocycles. The molecule has 0 aromatic carbocycles. The first-order valence-electron chi connectivity index (χ1n) is 4.83. The van der Waals surface area contributed by atoms with Gasteiger partial charge in [0.15, 0.2) is 0 Å². The van der Waals surface area contributed by atoms with E-state index >= 15 is 0 Å². The monoisotopic (exact) mass is 260 g/mol. The highest BCUT2D eigenvalue weighted by molar-refractivity contribution is 7.89. The second kappa shape index (κ2) is 4.11. The lowest BCUT2D eigenvalue weighted by Crippen LogP contribution is -2.42. The van der Waals surface area contributed by atoms with E-state index in [0.717, 1.165) is 6.42 Å². The lowest BCUT2D eigenvalue weighted by molar-refractivity contribution is 0.446. The summed E-state index contributed by atoms with van der Waals surface area (Å²) in [6.07, 6.45) is 4.10. The number of nitrogens with one attached hydrogen (secondary N) is 1. The zero-order valence-electron chi connectivity index (χ0n) is 8.46. The van der Waals surface area contributed by atoms with Crippen LogP contribution in [0.5, 0.6) is 0 Å². The van der Waals surface area contributed by atoms with Gasteiger partial charge in [-0.3, -0.25) is 5.10 Å². The first-order valence-corrected chi connectivity index (χ1v) is 6.68. The van der Waals surface area contributed by atoms with Gasteiger partial charge in [0.25, 0.3) is 0 Å². The number of H-pyrrole nitrogens is 1. The number of rotatable bonds is 3. The fourth-order valence-corrected chi connectivity index (χ4v) is 3.72. The molecule has 1 aromatic heterocycles. The van der Waals surface area contributed by atoms with E-state index in [2.05, 4.69) is 10.2 Å². The molecule has 0 spiro atoms. The SMILES string of the molecule is NC(=S)C1CCCN1S(=O)(=O)c1cn[nH]c1. The number of aromatic nitrogens is 2. The highest BCUT2D eigenvalue weighted by Gasteiger charge is 2.37. The van der Waals surface area contributed by atoms with Gasteiger partial charge in [0.2, 0.25) is 10.0 Å². The molecule has 6 nitrogen and oxygen atoms in total. The van der Waals surface area contributed by atoms with Crippen LogP contribution in [0.1, 0.15) is 12.8 Å². The highest BCUT2D eigenvalue weighted by atomic mass is 32.2. The summed E-state index contributed by atoms with van der Waals surface area (Å²) in [7, 11) is -3.52. The molecule has 0 amide bonds. The fourth-order valence-electron chi connectivity index (χ4n) is 1.83. The van der Waals surface area contributed by atoms with Crippen molar-refractivity contribution < 1.29 is 8.42 Å². The van der Waals surface area contributed by atoms with Gasteiger partial charge in [-0.2, -0.15) is 9.40 Å². The summed E-state index contributed by atoms with van der Waals surface area (Å²) in [6, 6.07) is -0.366. The first kappa shape index (κ1) is 11.5. The van der Waals surface area contributed by atoms with Crippen LogP contribution in [-0.2, 0) is 10.0 Å². The highest BCUT2D eigenvalue weighted by Crippen LogP contribution is 2.25. The number of nitrogens with zero attached hydrogens (tertiary/aromatic N) is 2. The average Bonchev–Trinajstić information content (AvgIpc) is 2.89. The Balaban J connectivity index is 2.34. The van der Waals surface area contributed by atoms with E-state index in [0.29, 0.717) is 13.0 Å². The van der Waals surface area contributed by atoms with Crippen molar-refractivity contribution in [1.29, 1.82) is 0 Å². The van der Waals surface area contributed by atoms with Crippen LogP contribution in [0.3, 0.4) is 0 Å². The van der Waals surface area contributed by atoms with Crippen molar-refractivity contribution in [2.75, 3.05) is 6.54 Å². The van der Waals surface area contributed by atoms with E-state index in [1.54, 1.807) is 0 Å². The molecule has 3 N–H and O–H groups in total. The zero-order valence-corrected chi connectivity index (χ0v) is 10.1. The second-order valence-electron chi connectivity index (χ2n) is 3.61. The number of sulfonamides is 1. The van der Waals surface area contributed by atoms with Crippen molar-refractivity contribution in [2.45, 2.75) is 23.8 Å². The molecule has 16 heavy (non-hydrogen) atoms. The third-order valence-electron chi connectivity index (χ3n) is 2.61. The van der Waals surface area contributed by atoms with E-state index in [-0.39, 0.29) is 15.9 Å². The Kier molecular flexibility index (Phi) is 2.96. The van der Waals surface area contributed by atoms with Crippen LogP contribution >= 0.6 is 12.2 Å². The Hall–Kier alpha value is -0.990. The van der Waals surface area contributed by atoms with Gasteiger partial charge in [-0.1, -0.05) is 12.2 Å². The summed E-state index contributed by atoms with van der Waals surface area (Å²) in [6.45, 7) is 0.454. The molecule has 88 valence electrons. The standard InChI is InChI=1S/C8H12N4O2S2/c9-8(15)7-2-1-3-12(7)16(13,14)6-4-10-11-5-6/h4-5,7H,1-3H2,(H2,9,15)(H,10,11). The molecule has 0 radical (unpaired) electrons. The zero-order chi connectivity index (χ0) is 11.8. The molecule has 0 bridgehead atoms. The lowest BCUT2D eigenvalue weighted by Gasteiger charge is -2.22. The fraction of sp³-hybridized carbons (Fsp3) is 0.500. The van der Waals surface area contributed by atoms with Crippen LogP contribution in [0, 0.1) is 0 Å². The largest absolute Gasteiger partial charge is 0.392 e. The minimum Gasteiger partial charge on any atom is -0.392 e. The van der Waals surface area contributed by atoms with Gasteiger partial charge in [0.05, 0.1) is 17.2 Å². The maximum atomic E-state index is 12.2. The molecule has 1 aliphatic rings. The van der Waals surface area contributed by atoms with Gasteiger partial charge in [-0.05, 0) is 12.8 Å². The van der Waals surface area contributed by atoms with Crippen molar-refractivity contribution in [3.63, 3.8) is 0 Å². The van der Waals surface area contributed by atoms with Crippen molar-refractivity contribution in [2.24, 2.45) is 5.73 Å². The molecular formula is C8H12N4O2S2. The first-order chi connectivity index (χ1) is 7.53.